The Hall–Kier alpha value is -1.62. The maximum absolute atomic E-state index is 11.1. The first-order chi connectivity index (χ1) is 5.79. The Bertz CT molecular complexity index is 336. The molecular formula is C10H9NO. The van der Waals surface area contributed by atoms with Gasteiger partial charge in [0.25, 0.3) is 0 Å². The van der Waals surface area contributed by atoms with Crippen LogP contribution in [0.3, 0.4) is 0 Å². The summed E-state index contributed by atoms with van der Waals surface area (Å²) in [5.74, 6) is 1.82. The van der Waals surface area contributed by atoms with Crippen LogP contribution in [0.2, 0.25) is 0 Å². The first-order valence-corrected chi connectivity index (χ1v) is 3.73. The Morgan fingerprint density at radius 1 is 1.75 bits per heavy atom. The summed E-state index contributed by atoms with van der Waals surface area (Å²) in [6, 6.07) is 1.65. The summed E-state index contributed by atoms with van der Waals surface area (Å²) in [5.41, 5.74) is 1.50. The average Bonchev–Trinajstić information content (AvgIpc) is 2.16. The van der Waals surface area contributed by atoms with E-state index >= 15 is 0 Å². The smallest absolute Gasteiger partial charge is 0.236 e. The van der Waals surface area contributed by atoms with E-state index in [1.54, 1.807) is 18.5 Å². The van der Waals surface area contributed by atoms with Crippen LogP contribution in [0.15, 0.2) is 18.5 Å². The van der Waals surface area contributed by atoms with Crippen LogP contribution in [0.1, 0.15) is 22.8 Å². The molecule has 1 aromatic heterocycles. The number of nitrogens with zero attached hydrogens (tertiary/aromatic N) is 1. The molecule has 2 nitrogen and oxygen atoms in total. The molecule has 0 N–H and O–H groups in total. The highest BCUT2D eigenvalue weighted by molar-refractivity contribution is 6.09. The van der Waals surface area contributed by atoms with Gasteiger partial charge in [-0.1, -0.05) is 6.92 Å². The Labute approximate surface area is 71.6 Å². The molecule has 0 amide bonds. The Morgan fingerprint density at radius 2 is 2.50 bits per heavy atom. The van der Waals surface area contributed by atoms with Gasteiger partial charge >= 0.3 is 0 Å². The molecule has 0 saturated carbocycles. The second-order valence-electron chi connectivity index (χ2n) is 2.36. The van der Waals surface area contributed by atoms with Gasteiger partial charge in [-0.2, -0.15) is 0 Å². The number of ketones is 1. The van der Waals surface area contributed by atoms with Crippen LogP contribution >= 0.6 is 0 Å². The molecule has 1 heterocycles. The highest BCUT2D eigenvalue weighted by Gasteiger charge is 2.06. The van der Waals surface area contributed by atoms with Crippen molar-refractivity contribution in [3.8, 4) is 12.3 Å². The highest BCUT2D eigenvalue weighted by Crippen LogP contribution is 2.07. The zero-order valence-corrected chi connectivity index (χ0v) is 6.87. The van der Waals surface area contributed by atoms with Crippen molar-refractivity contribution in [2.45, 2.75) is 13.3 Å². The molecule has 0 radical (unpaired) electrons. The van der Waals surface area contributed by atoms with Crippen LogP contribution in [0.4, 0.5) is 0 Å². The van der Waals surface area contributed by atoms with Crippen LogP contribution in [0.5, 0.6) is 0 Å². The molecule has 0 aliphatic heterocycles. The van der Waals surface area contributed by atoms with Crippen molar-refractivity contribution in [2.75, 3.05) is 0 Å². The molecule has 0 bridgehead atoms. The standard InChI is InChI=1S/C10H9NO/c1-3-8-7-11-6-5-9(8)10(12)4-2/h2,5-7H,3H2,1H3. The lowest BCUT2D eigenvalue weighted by Gasteiger charge is -2.00. The molecule has 0 aliphatic rings. The lowest BCUT2D eigenvalue weighted by molar-refractivity contribution is 0.105. The number of Topliss-reactive ketones (excluding diaryl/α,β-unsaturated/α-hetero) is 1. The van der Waals surface area contributed by atoms with E-state index < -0.39 is 0 Å². The third kappa shape index (κ3) is 1.51. The fraction of sp³-hybridized carbons (Fsp3) is 0.200. The van der Waals surface area contributed by atoms with E-state index in [0.717, 1.165) is 12.0 Å². The van der Waals surface area contributed by atoms with Gasteiger partial charge in [-0.05, 0) is 24.0 Å². The Balaban J connectivity index is 3.15. The molecule has 0 atom stereocenters. The van der Waals surface area contributed by atoms with Crippen molar-refractivity contribution in [1.82, 2.24) is 4.98 Å². The minimum absolute atomic E-state index is 0.269. The number of terminal acetylenes is 1. The van der Waals surface area contributed by atoms with Crippen LogP contribution in [0, 0.1) is 12.3 Å². The summed E-state index contributed by atoms with van der Waals surface area (Å²) in [5, 5.41) is 0. The minimum Gasteiger partial charge on any atom is -0.279 e. The van der Waals surface area contributed by atoms with E-state index in [1.165, 1.54) is 0 Å². The zero-order valence-electron chi connectivity index (χ0n) is 6.87. The van der Waals surface area contributed by atoms with Gasteiger partial charge in [-0.15, -0.1) is 6.42 Å². The first kappa shape index (κ1) is 8.48. The van der Waals surface area contributed by atoms with Crippen molar-refractivity contribution in [3.05, 3.63) is 29.6 Å². The molecule has 12 heavy (non-hydrogen) atoms. The van der Waals surface area contributed by atoms with Crippen molar-refractivity contribution in [1.29, 1.82) is 0 Å². The van der Waals surface area contributed by atoms with Crippen molar-refractivity contribution >= 4 is 5.78 Å². The average molecular weight is 159 g/mol. The number of aromatic nitrogens is 1. The second kappa shape index (κ2) is 3.68. The van der Waals surface area contributed by atoms with Gasteiger partial charge in [0.1, 0.15) is 0 Å². The number of pyridine rings is 1. The van der Waals surface area contributed by atoms with Crippen molar-refractivity contribution in [3.63, 3.8) is 0 Å². The number of hydrogen-bond donors (Lipinski definition) is 0. The van der Waals surface area contributed by atoms with Gasteiger partial charge in [-0.3, -0.25) is 9.78 Å². The fourth-order valence-electron chi connectivity index (χ4n) is 1.01. The van der Waals surface area contributed by atoms with Crippen LogP contribution in [0.25, 0.3) is 0 Å². The molecule has 0 fully saturated rings. The monoisotopic (exact) mass is 159 g/mol. The predicted molar refractivity (Wildman–Crippen MR) is 46.8 cm³/mol. The summed E-state index contributed by atoms with van der Waals surface area (Å²) in [7, 11) is 0. The summed E-state index contributed by atoms with van der Waals surface area (Å²) in [4.78, 5) is 15.0. The third-order valence-electron chi connectivity index (χ3n) is 1.66. The lowest BCUT2D eigenvalue weighted by Crippen LogP contribution is -2.00. The van der Waals surface area contributed by atoms with E-state index in [9.17, 15) is 4.79 Å². The molecule has 0 aromatic carbocycles. The maximum atomic E-state index is 11.1. The normalized spacial score (nSPS) is 9.00. The maximum Gasteiger partial charge on any atom is 0.236 e. The van der Waals surface area contributed by atoms with E-state index in [0.29, 0.717) is 5.56 Å². The lowest BCUT2D eigenvalue weighted by atomic mass is 10.1. The molecule has 0 saturated heterocycles. The number of carbonyl (C=O) groups excluding carboxylic acids is 1. The summed E-state index contributed by atoms with van der Waals surface area (Å²) >= 11 is 0. The second-order valence-corrected chi connectivity index (χ2v) is 2.36. The minimum atomic E-state index is -0.269. The summed E-state index contributed by atoms with van der Waals surface area (Å²) < 4.78 is 0. The van der Waals surface area contributed by atoms with E-state index in [4.69, 9.17) is 6.42 Å². The summed E-state index contributed by atoms with van der Waals surface area (Å²) in [6.07, 6.45) is 9.03. The quantitative estimate of drug-likeness (QED) is 0.371. The van der Waals surface area contributed by atoms with Gasteiger partial charge < -0.3 is 0 Å². The van der Waals surface area contributed by atoms with Crippen LogP contribution in [-0.2, 0) is 6.42 Å². The predicted octanol–water partition coefficient (Wildman–Crippen LogP) is 1.46. The highest BCUT2D eigenvalue weighted by atomic mass is 16.1. The SMILES string of the molecule is C#CC(=O)c1ccncc1CC. The Morgan fingerprint density at radius 3 is 3.08 bits per heavy atom. The molecule has 1 aromatic rings. The largest absolute Gasteiger partial charge is 0.279 e. The van der Waals surface area contributed by atoms with Crippen LogP contribution < -0.4 is 0 Å². The molecule has 0 unspecified atom stereocenters. The van der Waals surface area contributed by atoms with Gasteiger partial charge in [0, 0.05) is 18.0 Å². The number of carbonyl (C=O) groups is 1. The van der Waals surface area contributed by atoms with Gasteiger partial charge in [0.2, 0.25) is 5.78 Å². The molecule has 0 spiro atoms. The molecule has 2 heteroatoms. The van der Waals surface area contributed by atoms with E-state index in [1.807, 2.05) is 6.92 Å². The van der Waals surface area contributed by atoms with E-state index in [-0.39, 0.29) is 5.78 Å². The Kier molecular flexibility index (Phi) is 2.60. The van der Waals surface area contributed by atoms with Gasteiger partial charge in [0.05, 0.1) is 0 Å². The number of hydrogen-bond acceptors (Lipinski definition) is 2. The molecule has 60 valence electrons. The summed E-state index contributed by atoms with van der Waals surface area (Å²) in [6.45, 7) is 1.96. The zero-order chi connectivity index (χ0) is 8.97. The first-order valence-electron chi connectivity index (χ1n) is 3.73. The van der Waals surface area contributed by atoms with Gasteiger partial charge in [-0.25, -0.2) is 0 Å². The van der Waals surface area contributed by atoms with E-state index in [2.05, 4.69) is 10.9 Å². The van der Waals surface area contributed by atoms with Crippen molar-refractivity contribution in [2.24, 2.45) is 0 Å². The fourth-order valence-corrected chi connectivity index (χ4v) is 1.01. The molecule has 1 rings (SSSR count). The molecular weight excluding hydrogens is 150 g/mol. The number of aryl methyl sites for hydroxylation is 1. The topological polar surface area (TPSA) is 30.0 Å². The third-order valence-corrected chi connectivity index (χ3v) is 1.66. The van der Waals surface area contributed by atoms with Gasteiger partial charge in [0.15, 0.2) is 0 Å². The molecule has 0 aliphatic carbocycles. The van der Waals surface area contributed by atoms with Crippen LogP contribution in [-0.4, -0.2) is 10.8 Å². The van der Waals surface area contributed by atoms with Crippen molar-refractivity contribution < 1.29 is 4.79 Å². The number of rotatable bonds is 2.